The second-order valence-corrected chi connectivity index (χ2v) is 9.29. The third kappa shape index (κ3) is 3.58. The van der Waals surface area contributed by atoms with E-state index in [1.54, 1.807) is 0 Å². The summed E-state index contributed by atoms with van der Waals surface area (Å²) in [7, 11) is 0. The third-order valence-corrected chi connectivity index (χ3v) is 7.24. The summed E-state index contributed by atoms with van der Waals surface area (Å²) >= 11 is 0. The molecule has 0 bridgehead atoms. The zero-order chi connectivity index (χ0) is 25.4. The summed E-state index contributed by atoms with van der Waals surface area (Å²) in [4.78, 5) is 4.93. The van der Waals surface area contributed by atoms with E-state index in [2.05, 4.69) is 117 Å². The lowest BCUT2D eigenvalue weighted by atomic mass is 9.86. The lowest BCUT2D eigenvalue weighted by Crippen LogP contribution is -2.36. The Hall–Kier alpha value is -4.30. The van der Waals surface area contributed by atoms with Crippen LogP contribution in [0.25, 0.3) is 5.57 Å². The number of hydrogen-bond acceptors (Lipinski definition) is 2. The molecule has 5 rings (SSSR count). The molecule has 2 heterocycles. The van der Waals surface area contributed by atoms with Crippen LogP contribution in [-0.2, 0) is 6.42 Å². The molecule has 2 heteroatoms. The van der Waals surface area contributed by atoms with Crippen molar-refractivity contribution in [3.63, 3.8) is 0 Å². The summed E-state index contributed by atoms with van der Waals surface area (Å²) in [5, 5.41) is 0. The van der Waals surface area contributed by atoms with Gasteiger partial charge in [-0.1, -0.05) is 99.2 Å². The number of anilines is 4. The molecule has 0 amide bonds. The highest BCUT2D eigenvalue weighted by Crippen LogP contribution is 2.53. The van der Waals surface area contributed by atoms with Crippen LogP contribution in [0.5, 0.6) is 0 Å². The normalized spacial score (nSPS) is 20.1. The number of aryl methyl sites for hydroxylation is 1. The molecule has 36 heavy (non-hydrogen) atoms. The second-order valence-electron chi connectivity index (χ2n) is 9.29. The Labute approximate surface area is 215 Å². The van der Waals surface area contributed by atoms with Crippen molar-refractivity contribution in [2.24, 2.45) is 0 Å². The molecule has 3 aromatic carbocycles. The molecule has 3 aromatic rings. The van der Waals surface area contributed by atoms with Crippen molar-refractivity contribution in [2.75, 3.05) is 9.80 Å². The van der Waals surface area contributed by atoms with Crippen molar-refractivity contribution in [3.05, 3.63) is 151 Å². The number of para-hydroxylation sites is 3. The molecule has 0 N–H and O–H groups in total. The van der Waals surface area contributed by atoms with Crippen LogP contribution in [0.4, 0.5) is 22.7 Å². The fourth-order valence-electron chi connectivity index (χ4n) is 5.65. The number of nitrogens with zero attached hydrogens (tertiary/aromatic N) is 2. The van der Waals surface area contributed by atoms with E-state index in [1.165, 1.54) is 33.9 Å². The Kier molecular flexibility index (Phi) is 6.12. The predicted octanol–water partition coefficient (Wildman–Crippen LogP) is 8.98. The summed E-state index contributed by atoms with van der Waals surface area (Å²) in [6.45, 7) is 21.4. The first-order valence-electron chi connectivity index (χ1n) is 12.4. The summed E-state index contributed by atoms with van der Waals surface area (Å²) in [6.07, 6.45) is 8.53. The zero-order valence-corrected chi connectivity index (χ0v) is 21.2. The van der Waals surface area contributed by atoms with Gasteiger partial charge in [-0.05, 0) is 71.9 Å². The van der Waals surface area contributed by atoms with Crippen LogP contribution < -0.4 is 9.80 Å². The molecule has 2 aliphatic rings. The van der Waals surface area contributed by atoms with Gasteiger partial charge in [-0.15, -0.1) is 0 Å². The van der Waals surface area contributed by atoms with E-state index in [0.29, 0.717) is 0 Å². The molecule has 0 aliphatic carbocycles. The molecule has 0 radical (unpaired) electrons. The van der Waals surface area contributed by atoms with Crippen LogP contribution in [-0.4, -0.2) is 6.17 Å². The Bertz CT molecular complexity index is 1470. The van der Waals surface area contributed by atoms with E-state index >= 15 is 0 Å². The van der Waals surface area contributed by atoms with Crippen molar-refractivity contribution in [2.45, 2.75) is 26.4 Å². The van der Waals surface area contributed by atoms with Gasteiger partial charge >= 0.3 is 0 Å². The van der Waals surface area contributed by atoms with Gasteiger partial charge in [0.2, 0.25) is 0 Å². The fourth-order valence-corrected chi connectivity index (χ4v) is 5.65. The Balaban J connectivity index is 1.92. The monoisotopic (exact) mass is 468 g/mol. The van der Waals surface area contributed by atoms with Crippen LogP contribution in [0.1, 0.15) is 23.6 Å². The molecule has 2 nitrogen and oxygen atoms in total. The molecular formula is C34H32N2. The first kappa shape index (κ1) is 23.4. The van der Waals surface area contributed by atoms with E-state index < -0.39 is 0 Å². The molecule has 0 aromatic heterocycles. The Morgan fingerprint density at radius 2 is 1.44 bits per heavy atom. The second kappa shape index (κ2) is 9.39. The number of allylic oxidation sites excluding steroid dienone is 8. The summed E-state index contributed by atoms with van der Waals surface area (Å²) < 4.78 is 0. The molecule has 0 saturated carbocycles. The zero-order valence-electron chi connectivity index (χ0n) is 21.2. The van der Waals surface area contributed by atoms with Crippen molar-refractivity contribution < 1.29 is 0 Å². The van der Waals surface area contributed by atoms with Gasteiger partial charge in [0.15, 0.2) is 0 Å². The van der Waals surface area contributed by atoms with Crippen molar-refractivity contribution in [3.8, 4) is 0 Å². The summed E-state index contributed by atoms with van der Waals surface area (Å²) in [5.41, 5.74) is 12.5. The van der Waals surface area contributed by atoms with Gasteiger partial charge in [0.05, 0.1) is 11.4 Å². The molecule has 0 fully saturated rings. The van der Waals surface area contributed by atoms with Gasteiger partial charge in [0.25, 0.3) is 0 Å². The minimum Gasteiger partial charge on any atom is -0.318 e. The standard InChI is InChI=1S/C34H32N2/c1-7-15-29-24(5)22-26-17-11-13-20-32(26)36-25(6)35(31-19-12-10-16-23(31)4)33-21-14-18-30(34(33)36)28(9-3)27(29)8-2/h7-21,25H,1-3,5,22H2,4,6H3/b28-27-,29-15+/t25-/m1/s1. The first-order chi connectivity index (χ1) is 17.5. The smallest absolute Gasteiger partial charge is 0.108 e. The first-order valence-corrected chi connectivity index (χ1v) is 12.4. The number of benzene rings is 3. The van der Waals surface area contributed by atoms with E-state index in [-0.39, 0.29) is 6.17 Å². The molecule has 178 valence electrons. The van der Waals surface area contributed by atoms with E-state index in [0.717, 1.165) is 34.3 Å². The van der Waals surface area contributed by atoms with Crippen molar-refractivity contribution in [1.82, 2.24) is 0 Å². The van der Waals surface area contributed by atoms with E-state index in [1.807, 2.05) is 24.3 Å². The minimum absolute atomic E-state index is 0.0672. The van der Waals surface area contributed by atoms with Gasteiger partial charge in [0.1, 0.15) is 6.17 Å². The lowest BCUT2D eigenvalue weighted by molar-refractivity contribution is 0.756. The van der Waals surface area contributed by atoms with Gasteiger partial charge in [0, 0.05) is 16.9 Å². The van der Waals surface area contributed by atoms with Gasteiger partial charge in [-0.2, -0.15) is 0 Å². The third-order valence-electron chi connectivity index (χ3n) is 7.24. The highest BCUT2D eigenvalue weighted by molar-refractivity contribution is 6.00. The molecule has 1 atom stereocenters. The Morgan fingerprint density at radius 3 is 2.14 bits per heavy atom. The maximum atomic E-state index is 4.51. The largest absolute Gasteiger partial charge is 0.318 e. The minimum atomic E-state index is 0.0672. The van der Waals surface area contributed by atoms with Crippen LogP contribution in [0.3, 0.4) is 0 Å². The molecule has 2 aliphatic heterocycles. The van der Waals surface area contributed by atoms with Crippen molar-refractivity contribution in [1.29, 1.82) is 0 Å². The SMILES string of the molecule is C=C/C=C1C(=C)Cc2ccccc2N2c3c(cccc3N(c3ccccc3C)[C@H]2C)/C(C=C)=C\1C=C. The molecule has 0 unspecified atom stereocenters. The number of rotatable bonds is 4. The molecule has 0 saturated heterocycles. The average molecular weight is 469 g/mol. The maximum Gasteiger partial charge on any atom is 0.108 e. The van der Waals surface area contributed by atoms with Crippen LogP contribution in [0, 0.1) is 6.92 Å². The average Bonchev–Trinajstić information content (AvgIpc) is 3.18. The van der Waals surface area contributed by atoms with E-state index in [9.17, 15) is 0 Å². The molecular weight excluding hydrogens is 436 g/mol. The molecule has 0 spiro atoms. The summed E-state index contributed by atoms with van der Waals surface area (Å²) in [5.74, 6) is 0. The lowest BCUT2D eigenvalue weighted by Gasteiger charge is -2.33. The van der Waals surface area contributed by atoms with Gasteiger partial charge in [-0.25, -0.2) is 0 Å². The van der Waals surface area contributed by atoms with Gasteiger partial charge in [-0.3, -0.25) is 0 Å². The highest BCUT2D eigenvalue weighted by Gasteiger charge is 2.39. The topological polar surface area (TPSA) is 6.48 Å². The number of hydrogen-bond donors (Lipinski definition) is 0. The van der Waals surface area contributed by atoms with E-state index in [4.69, 9.17) is 0 Å². The van der Waals surface area contributed by atoms with Gasteiger partial charge < -0.3 is 9.80 Å². The maximum absolute atomic E-state index is 4.51. The van der Waals surface area contributed by atoms with Crippen LogP contribution >= 0.6 is 0 Å². The fraction of sp³-hybridized carbons (Fsp3) is 0.118. The number of fused-ring (bicyclic) bond motifs is 2. The Morgan fingerprint density at radius 1 is 0.778 bits per heavy atom. The van der Waals surface area contributed by atoms with Crippen LogP contribution in [0.15, 0.2) is 134 Å². The summed E-state index contributed by atoms with van der Waals surface area (Å²) in [6, 6.07) is 23.8. The van der Waals surface area contributed by atoms with Crippen molar-refractivity contribution >= 4 is 28.3 Å². The quantitative estimate of drug-likeness (QED) is 0.377. The predicted molar refractivity (Wildman–Crippen MR) is 156 cm³/mol. The van der Waals surface area contributed by atoms with Crippen LogP contribution in [0.2, 0.25) is 0 Å². The highest BCUT2D eigenvalue weighted by atomic mass is 15.4.